The van der Waals surface area contributed by atoms with Gasteiger partial charge in [0.2, 0.25) is 5.91 Å². The molecule has 0 aromatic carbocycles. The molecule has 2 N–H and O–H groups in total. The lowest BCUT2D eigenvalue weighted by Crippen LogP contribution is -2.39. The number of allylic oxidation sites excluding steroid dienone is 10. The van der Waals surface area contributed by atoms with Gasteiger partial charge in [0, 0.05) is 25.6 Å². The van der Waals surface area contributed by atoms with Gasteiger partial charge in [0.25, 0.3) is 0 Å². The molecule has 0 aromatic heterocycles. The third-order valence-electron chi connectivity index (χ3n) is 4.89. The standard InChI is InChI=1S/C25H40N2O/c1-2-3-4-5-6-7-8-9-10-11-12-13-14-15-16-17-18-21-25(28)27-22-19-20-24(27)23-26/h3-4,6-7,9-10,12-13,15-16,24H,2,5,8,11,14,17-23,26H2,1H3/b4-3-,7-6-,10-9-,13-12-,16-15-. The summed E-state index contributed by atoms with van der Waals surface area (Å²) in [5.74, 6) is 0.278. The van der Waals surface area contributed by atoms with Crippen LogP contribution >= 0.6 is 0 Å². The number of carbonyl (C=O) groups is 1. The van der Waals surface area contributed by atoms with Crippen molar-refractivity contribution in [1.29, 1.82) is 0 Å². The highest BCUT2D eigenvalue weighted by Crippen LogP contribution is 2.18. The molecule has 1 rings (SSSR count). The Morgan fingerprint density at radius 2 is 1.43 bits per heavy atom. The molecule has 1 saturated heterocycles. The smallest absolute Gasteiger partial charge is 0.222 e. The number of unbranched alkanes of at least 4 members (excludes halogenated alkanes) is 1. The van der Waals surface area contributed by atoms with Gasteiger partial charge >= 0.3 is 0 Å². The molecule has 28 heavy (non-hydrogen) atoms. The summed E-state index contributed by atoms with van der Waals surface area (Å²) in [6, 6.07) is 0.279. The molecule has 1 aliphatic heterocycles. The first-order valence-corrected chi connectivity index (χ1v) is 11.0. The van der Waals surface area contributed by atoms with Crippen LogP contribution in [0.15, 0.2) is 60.8 Å². The Hall–Kier alpha value is -1.87. The molecule has 1 amide bonds. The van der Waals surface area contributed by atoms with Gasteiger partial charge in [0.05, 0.1) is 0 Å². The fourth-order valence-corrected chi connectivity index (χ4v) is 3.29. The molecule has 3 nitrogen and oxygen atoms in total. The second kappa shape index (κ2) is 17.2. The summed E-state index contributed by atoms with van der Waals surface area (Å²) < 4.78 is 0. The Labute approximate surface area is 172 Å². The molecule has 1 aliphatic rings. The first kappa shape index (κ1) is 24.2. The van der Waals surface area contributed by atoms with E-state index in [-0.39, 0.29) is 11.9 Å². The van der Waals surface area contributed by atoms with E-state index in [1.54, 1.807) is 0 Å². The minimum atomic E-state index is 0.278. The average molecular weight is 385 g/mol. The van der Waals surface area contributed by atoms with Crippen molar-refractivity contribution >= 4 is 5.91 Å². The summed E-state index contributed by atoms with van der Waals surface area (Å²) in [4.78, 5) is 14.2. The molecular weight excluding hydrogens is 344 g/mol. The average Bonchev–Trinajstić information content (AvgIpc) is 3.19. The SMILES string of the molecule is CC/C=C\C/C=C\C/C=C\C/C=C\C/C=C\CCCC(=O)N1CCCC1CN. The molecule has 1 fully saturated rings. The van der Waals surface area contributed by atoms with Crippen molar-refractivity contribution in [3.8, 4) is 0 Å². The number of hydrogen-bond acceptors (Lipinski definition) is 2. The molecule has 1 unspecified atom stereocenters. The van der Waals surface area contributed by atoms with Gasteiger partial charge in [-0.15, -0.1) is 0 Å². The quantitative estimate of drug-likeness (QED) is 0.301. The summed E-state index contributed by atoms with van der Waals surface area (Å²) in [5, 5.41) is 0. The zero-order valence-electron chi connectivity index (χ0n) is 17.8. The molecule has 0 saturated carbocycles. The van der Waals surface area contributed by atoms with Gasteiger partial charge in [0.1, 0.15) is 0 Å². The fraction of sp³-hybridized carbons (Fsp3) is 0.560. The van der Waals surface area contributed by atoms with E-state index in [2.05, 4.69) is 67.7 Å². The number of amides is 1. The third kappa shape index (κ3) is 11.8. The largest absolute Gasteiger partial charge is 0.338 e. The van der Waals surface area contributed by atoms with Gasteiger partial charge in [-0.3, -0.25) is 4.79 Å². The van der Waals surface area contributed by atoms with Crippen LogP contribution in [0.25, 0.3) is 0 Å². The highest BCUT2D eigenvalue weighted by molar-refractivity contribution is 5.76. The molecule has 0 bridgehead atoms. The molecule has 0 spiro atoms. The summed E-state index contributed by atoms with van der Waals surface area (Å²) >= 11 is 0. The Kier molecular flexibility index (Phi) is 14.9. The van der Waals surface area contributed by atoms with E-state index >= 15 is 0 Å². The molecule has 1 heterocycles. The van der Waals surface area contributed by atoms with Crippen molar-refractivity contribution in [3.63, 3.8) is 0 Å². The molecule has 3 heteroatoms. The van der Waals surface area contributed by atoms with E-state index in [4.69, 9.17) is 5.73 Å². The maximum Gasteiger partial charge on any atom is 0.222 e. The van der Waals surface area contributed by atoms with E-state index in [1.807, 2.05) is 4.90 Å². The van der Waals surface area contributed by atoms with Gasteiger partial charge < -0.3 is 10.6 Å². The van der Waals surface area contributed by atoms with E-state index in [0.29, 0.717) is 13.0 Å². The maximum atomic E-state index is 12.2. The lowest BCUT2D eigenvalue weighted by Gasteiger charge is -2.23. The summed E-state index contributed by atoms with van der Waals surface area (Å²) in [6.07, 6.45) is 31.9. The Bertz CT molecular complexity index is 543. The molecular formula is C25H40N2O. The number of nitrogens with zero attached hydrogens (tertiary/aromatic N) is 1. The summed E-state index contributed by atoms with van der Waals surface area (Å²) in [6.45, 7) is 3.64. The molecule has 0 radical (unpaired) electrons. The van der Waals surface area contributed by atoms with Crippen LogP contribution in [0.5, 0.6) is 0 Å². The van der Waals surface area contributed by atoms with Crippen molar-refractivity contribution in [1.82, 2.24) is 4.90 Å². The van der Waals surface area contributed by atoms with Crippen LogP contribution in [0, 0.1) is 0 Å². The number of hydrogen-bond donors (Lipinski definition) is 1. The van der Waals surface area contributed by atoms with Crippen LogP contribution in [-0.4, -0.2) is 29.9 Å². The number of carbonyl (C=O) groups excluding carboxylic acids is 1. The molecule has 1 atom stereocenters. The van der Waals surface area contributed by atoms with Gasteiger partial charge in [0.15, 0.2) is 0 Å². The zero-order chi connectivity index (χ0) is 20.3. The minimum absolute atomic E-state index is 0.278. The van der Waals surface area contributed by atoms with Crippen molar-refractivity contribution < 1.29 is 4.79 Å². The topological polar surface area (TPSA) is 46.3 Å². The predicted molar refractivity (Wildman–Crippen MR) is 122 cm³/mol. The molecule has 156 valence electrons. The lowest BCUT2D eigenvalue weighted by molar-refractivity contribution is -0.131. The summed E-state index contributed by atoms with van der Waals surface area (Å²) in [5.41, 5.74) is 5.74. The number of nitrogens with two attached hydrogens (primary N) is 1. The van der Waals surface area contributed by atoms with Crippen molar-refractivity contribution in [2.75, 3.05) is 13.1 Å². The highest BCUT2D eigenvalue weighted by atomic mass is 16.2. The van der Waals surface area contributed by atoms with E-state index in [1.165, 1.54) is 0 Å². The zero-order valence-corrected chi connectivity index (χ0v) is 17.8. The fourth-order valence-electron chi connectivity index (χ4n) is 3.29. The minimum Gasteiger partial charge on any atom is -0.338 e. The Balaban J connectivity index is 1.99. The van der Waals surface area contributed by atoms with Crippen LogP contribution in [0.4, 0.5) is 0 Å². The van der Waals surface area contributed by atoms with Crippen molar-refractivity contribution in [3.05, 3.63) is 60.8 Å². The van der Waals surface area contributed by atoms with Crippen LogP contribution in [0.3, 0.4) is 0 Å². The lowest BCUT2D eigenvalue weighted by atomic mass is 10.2. The van der Waals surface area contributed by atoms with Gasteiger partial charge in [-0.1, -0.05) is 67.7 Å². The van der Waals surface area contributed by atoms with Crippen molar-refractivity contribution in [2.24, 2.45) is 5.73 Å². The van der Waals surface area contributed by atoms with E-state index in [0.717, 1.165) is 64.3 Å². The first-order chi connectivity index (χ1) is 13.8. The summed E-state index contributed by atoms with van der Waals surface area (Å²) in [7, 11) is 0. The van der Waals surface area contributed by atoms with Gasteiger partial charge in [-0.05, 0) is 57.8 Å². The van der Waals surface area contributed by atoms with Gasteiger partial charge in [-0.25, -0.2) is 0 Å². The Morgan fingerprint density at radius 1 is 0.893 bits per heavy atom. The highest BCUT2D eigenvalue weighted by Gasteiger charge is 2.26. The van der Waals surface area contributed by atoms with Crippen LogP contribution in [-0.2, 0) is 4.79 Å². The van der Waals surface area contributed by atoms with Crippen LogP contribution < -0.4 is 5.73 Å². The maximum absolute atomic E-state index is 12.2. The number of likely N-dealkylation sites (tertiary alicyclic amines) is 1. The van der Waals surface area contributed by atoms with E-state index < -0.39 is 0 Å². The van der Waals surface area contributed by atoms with Gasteiger partial charge in [-0.2, -0.15) is 0 Å². The van der Waals surface area contributed by atoms with E-state index in [9.17, 15) is 4.79 Å². The molecule has 0 aromatic rings. The second-order valence-electron chi connectivity index (χ2n) is 7.22. The number of rotatable bonds is 14. The van der Waals surface area contributed by atoms with Crippen LogP contribution in [0.2, 0.25) is 0 Å². The van der Waals surface area contributed by atoms with Crippen LogP contribution in [0.1, 0.15) is 71.1 Å². The normalized spacial score (nSPS) is 18.2. The monoisotopic (exact) mass is 384 g/mol. The molecule has 0 aliphatic carbocycles. The van der Waals surface area contributed by atoms with Crippen molar-refractivity contribution in [2.45, 2.75) is 77.2 Å². The third-order valence-corrected chi connectivity index (χ3v) is 4.89. The second-order valence-corrected chi connectivity index (χ2v) is 7.22. The Morgan fingerprint density at radius 3 is 1.96 bits per heavy atom. The first-order valence-electron chi connectivity index (χ1n) is 11.0. The predicted octanol–water partition coefficient (Wildman–Crippen LogP) is 5.86.